The number of rotatable bonds is 1. The van der Waals surface area contributed by atoms with E-state index >= 15 is 0 Å². The molecule has 1 saturated carbocycles. The highest BCUT2D eigenvalue weighted by Crippen LogP contribution is 2.52. The highest BCUT2D eigenvalue weighted by molar-refractivity contribution is 5.97. The van der Waals surface area contributed by atoms with Crippen LogP contribution in [0, 0.1) is 11.3 Å². The number of hydrogen-bond acceptors (Lipinski definition) is 3. The molecule has 2 aliphatic carbocycles. The third kappa shape index (κ3) is 2.04. The van der Waals surface area contributed by atoms with Crippen LogP contribution in [0.2, 0.25) is 0 Å². The van der Waals surface area contributed by atoms with Crippen LogP contribution in [0.5, 0.6) is 0 Å². The van der Waals surface area contributed by atoms with Gasteiger partial charge in [-0.05, 0) is 51.5 Å². The molecule has 0 bridgehead atoms. The van der Waals surface area contributed by atoms with Crippen molar-refractivity contribution in [3.05, 3.63) is 11.1 Å². The summed E-state index contributed by atoms with van der Waals surface area (Å²) in [5.74, 6) is 0.236. The summed E-state index contributed by atoms with van der Waals surface area (Å²) in [5, 5.41) is 20.4. The molecule has 0 aromatic heterocycles. The van der Waals surface area contributed by atoms with Gasteiger partial charge in [-0.15, -0.1) is 0 Å². The average Bonchev–Trinajstić information content (AvgIpc) is 2.25. The van der Waals surface area contributed by atoms with Crippen molar-refractivity contribution in [1.29, 1.82) is 0 Å². The van der Waals surface area contributed by atoms with E-state index in [-0.39, 0.29) is 23.5 Å². The second kappa shape index (κ2) is 4.17. The molecule has 3 nitrogen and oxygen atoms in total. The van der Waals surface area contributed by atoms with Crippen LogP contribution in [-0.4, -0.2) is 27.7 Å². The van der Waals surface area contributed by atoms with E-state index < -0.39 is 11.7 Å². The van der Waals surface area contributed by atoms with Crippen molar-refractivity contribution >= 4 is 5.78 Å². The molecule has 0 aromatic rings. The molecular formula is C15H24O3. The van der Waals surface area contributed by atoms with Gasteiger partial charge in [-0.1, -0.05) is 12.5 Å². The molecule has 3 heteroatoms. The van der Waals surface area contributed by atoms with E-state index in [1.807, 2.05) is 20.8 Å². The quantitative estimate of drug-likeness (QED) is 0.752. The number of hydrogen-bond donors (Lipinski definition) is 2. The van der Waals surface area contributed by atoms with Gasteiger partial charge in [0.25, 0.3) is 0 Å². The summed E-state index contributed by atoms with van der Waals surface area (Å²) >= 11 is 0. The first-order valence-electron chi connectivity index (χ1n) is 6.80. The second-order valence-corrected chi connectivity index (χ2v) is 6.76. The molecule has 0 aliphatic heterocycles. The Kier molecular flexibility index (Phi) is 3.19. The molecule has 102 valence electrons. The van der Waals surface area contributed by atoms with Crippen LogP contribution in [0.15, 0.2) is 11.1 Å². The highest BCUT2D eigenvalue weighted by Gasteiger charge is 2.48. The van der Waals surface area contributed by atoms with Crippen molar-refractivity contribution in [2.75, 3.05) is 0 Å². The SMILES string of the molecule is CC1=C2C[C@H](C(C)(C)O)CC[C@@]2(C)[C@H](O)CC1=O. The highest BCUT2D eigenvalue weighted by atomic mass is 16.3. The van der Waals surface area contributed by atoms with Crippen molar-refractivity contribution in [3.63, 3.8) is 0 Å². The first kappa shape index (κ1) is 13.8. The van der Waals surface area contributed by atoms with Crippen molar-refractivity contribution < 1.29 is 15.0 Å². The summed E-state index contributed by atoms with van der Waals surface area (Å²) < 4.78 is 0. The molecule has 0 radical (unpaired) electrons. The van der Waals surface area contributed by atoms with E-state index in [4.69, 9.17) is 0 Å². The van der Waals surface area contributed by atoms with Gasteiger partial charge in [-0.3, -0.25) is 4.79 Å². The molecule has 0 heterocycles. The topological polar surface area (TPSA) is 57.5 Å². The minimum Gasteiger partial charge on any atom is -0.392 e. The Hall–Kier alpha value is -0.670. The van der Waals surface area contributed by atoms with Gasteiger partial charge in [-0.2, -0.15) is 0 Å². The second-order valence-electron chi connectivity index (χ2n) is 6.76. The van der Waals surface area contributed by atoms with E-state index in [9.17, 15) is 15.0 Å². The Bertz CT molecular complexity index is 402. The van der Waals surface area contributed by atoms with Crippen LogP contribution in [0.25, 0.3) is 0 Å². The first-order chi connectivity index (χ1) is 8.16. The van der Waals surface area contributed by atoms with Gasteiger partial charge in [0.15, 0.2) is 5.78 Å². The molecular weight excluding hydrogens is 228 g/mol. The minimum atomic E-state index is -0.722. The summed E-state index contributed by atoms with van der Waals surface area (Å²) in [6.45, 7) is 7.59. The fourth-order valence-electron chi connectivity index (χ4n) is 3.48. The Morgan fingerprint density at radius 1 is 1.33 bits per heavy atom. The predicted octanol–water partition coefficient (Wildman–Crippen LogP) is 2.21. The monoisotopic (exact) mass is 252 g/mol. The standard InChI is InChI=1S/C15H24O3/c1-9-11-7-10(14(2,3)18)5-6-15(11,4)13(17)8-12(9)16/h10,13,17-18H,5-8H2,1-4H3/t10-,13-,15-/m1/s1. The van der Waals surface area contributed by atoms with Gasteiger partial charge < -0.3 is 10.2 Å². The molecule has 0 unspecified atom stereocenters. The zero-order valence-electron chi connectivity index (χ0n) is 11.8. The van der Waals surface area contributed by atoms with Gasteiger partial charge in [0, 0.05) is 11.8 Å². The third-order valence-corrected chi connectivity index (χ3v) is 5.14. The van der Waals surface area contributed by atoms with Crippen LogP contribution in [0.4, 0.5) is 0 Å². The maximum atomic E-state index is 11.9. The van der Waals surface area contributed by atoms with E-state index in [1.165, 1.54) is 0 Å². The Labute approximate surface area is 109 Å². The molecule has 0 amide bonds. The van der Waals surface area contributed by atoms with E-state index in [2.05, 4.69) is 6.92 Å². The fourth-order valence-corrected chi connectivity index (χ4v) is 3.48. The number of carbonyl (C=O) groups is 1. The number of ketones is 1. The van der Waals surface area contributed by atoms with Crippen LogP contribution in [-0.2, 0) is 4.79 Å². The van der Waals surface area contributed by atoms with Gasteiger partial charge in [0.2, 0.25) is 0 Å². The molecule has 3 atom stereocenters. The van der Waals surface area contributed by atoms with Crippen molar-refractivity contribution in [2.24, 2.45) is 11.3 Å². The fraction of sp³-hybridized carbons (Fsp3) is 0.800. The molecule has 2 rings (SSSR count). The minimum absolute atomic E-state index is 0.0615. The largest absolute Gasteiger partial charge is 0.392 e. The zero-order valence-corrected chi connectivity index (χ0v) is 11.8. The van der Waals surface area contributed by atoms with Gasteiger partial charge >= 0.3 is 0 Å². The van der Waals surface area contributed by atoms with Crippen LogP contribution in [0.3, 0.4) is 0 Å². The summed E-state index contributed by atoms with van der Waals surface area (Å²) in [5.41, 5.74) is 0.904. The number of Topliss-reactive ketones (excluding diaryl/α,β-unsaturated/α-hetero) is 1. The number of carbonyl (C=O) groups excluding carboxylic acids is 1. The number of aliphatic hydroxyl groups excluding tert-OH is 1. The molecule has 0 saturated heterocycles. The van der Waals surface area contributed by atoms with Gasteiger partial charge in [0.05, 0.1) is 11.7 Å². The Morgan fingerprint density at radius 2 is 1.94 bits per heavy atom. The number of allylic oxidation sites excluding steroid dienone is 1. The van der Waals surface area contributed by atoms with E-state index in [0.717, 1.165) is 30.4 Å². The first-order valence-corrected chi connectivity index (χ1v) is 6.80. The average molecular weight is 252 g/mol. The number of fused-ring (bicyclic) bond motifs is 1. The van der Waals surface area contributed by atoms with Crippen LogP contribution < -0.4 is 0 Å². The zero-order chi connectivity index (χ0) is 13.7. The van der Waals surface area contributed by atoms with Crippen molar-refractivity contribution in [1.82, 2.24) is 0 Å². The maximum Gasteiger partial charge on any atom is 0.161 e. The summed E-state index contributed by atoms with van der Waals surface area (Å²) in [4.78, 5) is 11.9. The molecule has 0 aromatic carbocycles. The molecule has 1 fully saturated rings. The molecule has 2 aliphatic rings. The summed E-state index contributed by atoms with van der Waals surface area (Å²) in [7, 11) is 0. The lowest BCUT2D eigenvalue weighted by Gasteiger charge is -2.48. The number of aliphatic hydroxyl groups is 2. The lowest BCUT2D eigenvalue weighted by molar-refractivity contribution is -0.121. The Balaban J connectivity index is 2.38. The van der Waals surface area contributed by atoms with Gasteiger partial charge in [-0.25, -0.2) is 0 Å². The molecule has 0 spiro atoms. The van der Waals surface area contributed by atoms with Gasteiger partial charge in [0.1, 0.15) is 0 Å². The summed E-state index contributed by atoms with van der Waals surface area (Å²) in [6, 6.07) is 0. The van der Waals surface area contributed by atoms with Crippen molar-refractivity contribution in [3.8, 4) is 0 Å². The smallest absolute Gasteiger partial charge is 0.161 e. The van der Waals surface area contributed by atoms with Crippen LogP contribution in [0.1, 0.15) is 53.4 Å². The third-order valence-electron chi connectivity index (χ3n) is 5.14. The van der Waals surface area contributed by atoms with Crippen LogP contribution >= 0.6 is 0 Å². The Morgan fingerprint density at radius 3 is 2.50 bits per heavy atom. The lowest BCUT2D eigenvalue weighted by atomic mass is 9.58. The molecule has 18 heavy (non-hydrogen) atoms. The molecule has 2 N–H and O–H groups in total. The van der Waals surface area contributed by atoms with E-state index in [0.29, 0.717) is 0 Å². The lowest BCUT2D eigenvalue weighted by Crippen LogP contribution is -2.47. The van der Waals surface area contributed by atoms with Crippen molar-refractivity contribution in [2.45, 2.75) is 65.1 Å². The maximum absolute atomic E-state index is 11.9. The van der Waals surface area contributed by atoms with E-state index in [1.54, 1.807) is 0 Å². The normalized spacial score (nSPS) is 37.8. The summed E-state index contributed by atoms with van der Waals surface area (Å²) in [6.07, 6.45) is 2.17. The predicted molar refractivity (Wildman–Crippen MR) is 70.1 cm³/mol.